The molecule has 28 heavy (non-hydrogen) atoms. The topological polar surface area (TPSA) is 70.7 Å². The molecule has 0 radical (unpaired) electrons. The standard InChI is InChI=1S/C21H23F2N3O2/c22-17-7-6-16(18(23)10-17)9-13-1-8-20-24-25-21(26(20)11-13)15-4-2-14(3-5-15)19(28)12-27/h1,6-8,10-11,14-15,19,27-28H,2-5,9,12H2. The molecule has 0 amide bonds. The quantitative estimate of drug-likeness (QED) is 0.705. The molecule has 1 unspecified atom stereocenters. The lowest BCUT2D eigenvalue weighted by molar-refractivity contribution is 0.0298. The third-order valence-electron chi connectivity index (χ3n) is 5.77. The molecule has 7 heteroatoms. The van der Waals surface area contributed by atoms with Crippen LogP contribution in [0.15, 0.2) is 36.5 Å². The van der Waals surface area contributed by atoms with Gasteiger partial charge in [0.15, 0.2) is 5.65 Å². The summed E-state index contributed by atoms with van der Waals surface area (Å²) in [5.41, 5.74) is 2.06. The van der Waals surface area contributed by atoms with E-state index in [1.165, 1.54) is 12.1 Å². The normalized spacial score (nSPS) is 21.1. The summed E-state index contributed by atoms with van der Waals surface area (Å²) >= 11 is 0. The fourth-order valence-electron chi connectivity index (χ4n) is 4.13. The fourth-order valence-corrected chi connectivity index (χ4v) is 4.13. The van der Waals surface area contributed by atoms with Crippen molar-refractivity contribution in [3.63, 3.8) is 0 Å². The number of benzene rings is 1. The first-order chi connectivity index (χ1) is 13.5. The highest BCUT2D eigenvalue weighted by molar-refractivity contribution is 5.41. The molecule has 1 fully saturated rings. The van der Waals surface area contributed by atoms with Gasteiger partial charge >= 0.3 is 0 Å². The smallest absolute Gasteiger partial charge is 0.160 e. The molecule has 4 rings (SSSR count). The molecular weight excluding hydrogens is 364 g/mol. The van der Waals surface area contributed by atoms with E-state index in [0.29, 0.717) is 12.0 Å². The second kappa shape index (κ2) is 7.93. The summed E-state index contributed by atoms with van der Waals surface area (Å²) in [6.45, 7) is -0.202. The van der Waals surface area contributed by atoms with Crippen LogP contribution in [-0.4, -0.2) is 37.5 Å². The molecule has 1 saturated carbocycles. The molecule has 2 heterocycles. The number of halogens is 2. The van der Waals surface area contributed by atoms with Crippen LogP contribution in [-0.2, 0) is 6.42 Å². The predicted molar refractivity (Wildman–Crippen MR) is 99.9 cm³/mol. The number of fused-ring (bicyclic) bond motifs is 1. The zero-order valence-electron chi connectivity index (χ0n) is 15.4. The molecule has 2 aromatic heterocycles. The van der Waals surface area contributed by atoms with Gasteiger partial charge in [0, 0.05) is 24.6 Å². The van der Waals surface area contributed by atoms with Gasteiger partial charge in [-0.3, -0.25) is 4.40 Å². The molecule has 148 valence electrons. The largest absolute Gasteiger partial charge is 0.394 e. The Morgan fingerprint density at radius 3 is 2.57 bits per heavy atom. The summed E-state index contributed by atoms with van der Waals surface area (Å²) in [6, 6.07) is 7.37. The van der Waals surface area contributed by atoms with Crippen LogP contribution < -0.4 is 0 Å². The van der Waals surface area contributed by atoms with Crippen molar-refractivity contribution in [1.82, 2.24) is 14.6 Å². The molecule has 1 atom stereocenters. The minimum absolute atomic E-state index is 0.123. The Morgan fingerprint density at radius 1 is 1.07 bits per heavy atom. The summed E-state index contributed by atoms with van der Waals surface area (Å²) < 4.78 is 29.1. The van der Waals surface area contributed by atoms with Gasteiger partial charge in [-0.1, -0.05) is 12.1 Å². The van der Waals surface area contributed by atoms with Gasteiger partial charge < -0.3 is 10.2 Å². The number of aromatic nitrogens is 3. The number of rotatable bonds is 5. The van der Waals surface area contributed by atoms with Gasteiger partial charge in [-0.05, 0) is 54.9 Å². The van der Waals surface area contributed by atoms with Gasteiger partial charge in [0.1, 0.15) is 17.5 Å². The lowest BCUT2D eigenvalue weighted by Crippen LogP contribution is -2.28. The average molecular weight is 387 g/mol. The minimum Gasteiger partial charge on any atom is -0.394 e. The van der Waals surface area contributed by atoms with Crippen LogP contribution in [0.3, 0.4) is 0 Å². The zero-order valence-corrected chi connectivity index (χ0v) is 15.4. The highest BCUT2D eigenvalue weighted by Gasteiger charge is 2.29. The van der Waals surface area contributed by atoms with Gasteiger partial charge in [-0.25, -0.2) is 8.78 Å². The first-order valence-corrected chi connectivity index (χ1v) is 9.61. The fraction of sp³-hybridized carbons (Fsp3) is 0.429. The minimum atomic E-state index is -0.659. The number of pyridine rings is 1. The summed E-state index contributed by atoms with van der Waals surface area (Å²) in [7, 11) is 0. The molecule has 1 aromatic carbocycles. The number of aliphatic hydroxyl groups is 2. The van der Waals surface area contributed by atoms with Crippen molar-refractivity contribution in [3.05, 3.63) is 65.1 Å². The van der Waals surface area contributed by atoms with Crippen LogP contribution in [0, 0.1) is 17.6 Å². The van der Waals surface area contributed by atoms with Gasteiger partial charge in [-0.2, -0.15) is 0 Å². The molecular formula is C21H23F2N3O2. The van der Waals surface area contributed by atoms with Gasteiger partial charge in [0.2, 0.25) is 0 Å². The molecule has 0 bridgehead atoms. The van der Waals surface area contributed by atoms with Crippen molar-refractivity contribution in [3.8, 4) is 0 Å². The molecule has 3 aromatic rings. The molecule has 0 saturated heterocycles. The van der Waals surface area contributed by atoms with E-state index in [1.54, 1.807) is 0 Å². The van der Waals surface area contributed by atoms with E-state index >= 15 is 0 Å². The third kappa shape index (κ3) is 3.77. The number of nitrogens with zero attached hydrogens (tertiary/aromatic N) is 3. The van der Waals surface area contributed by atoms with Crippen LogP contribution in [0.1, 0.15) is 48.6 Å². The lowest BCUT2D eigenvalue weighted by atomic mass is 9.79. The molecule has 1 aliphatic carbocycles. The highest BCUT2D eigenvalue weighted by Crippen LogP contribution is 2.36. The Labute approximate surface area is 161 Å². The number of aliphatic hydroxyl groups excluding tert-OH is 2. The monoisotopic (exact) mass is 387 g/mol. The second-order valence-corrected chi connectivity index (χ2v) is 7.60. The lowest BCUT2D eigenvalue weighted by Gasteiger charge is -2.30. The van der Waals surface area contributed by atoms with Crippen molar-refractivity contribution in [1.29, 1.82) is 0 Å². The molecule has 0 aliphatic heterocycles. The van der Waals surface area contributed by atoms with Crippen LogP contribution in [0.2, 0.25) is 0 Å². The van der Waals surface area contributed by atoms with Gasteiger partial charge in [0.05, 0.1) is 12.7 Å². The highest BCUT2D eigenvalue weighted by atomic mass is 19.1. The van der Waals surface area contributed by atoms with Crippen molar-refractivity contribution in [2.45, 2.75) is 44.1 Å². The van der Waals surface area contributed by atoms with Gasteiger partial charge in [0.25, 0.3) is 0 Å². The second-order valence-electron chi connectivity index (χ2n) is 7.60. The first-order valence-electron chi connectivity index (χ1n) is 9.61. The number of hydrogen-bond acceptors (Lipinski definition) is 4. The van der Waals surface area contributed by atoms with Crippen molar-refractivity contribution in [2.24, 2.45) is 5.92 Å². The van der Waals surface area contributed by atoms with Crippen molar-refractivity contribution < 1.29 is 19.0 Å². The summed E-state index contributed by atoms with van der Waals surface area (Å²) in [4.78, 5) is 0. The van der Waals surface area contributed by atoms with E-state index in [4.69, 9.17) is 5.11 Å². The maximum atomic E-state index is 14.0. The van der Waals surface area contributed by atoms with Crippen LogP contribution in [0.25, 0.3) is 5.65 Å². The summed E-state index contributed by atoms with van der Waals surface area (Å²) in [5.74, 6) is 0.0883. The van der Waals surface area contributed by atoms with E-state index in [9.17, 15) is 13.9 Å². The summed E-state index contributed by atoms with van der Waals surface area (Å²) in [6.07, 6.45) is 5.03. The van der Waals surface area contributed by atoms with Crippen LogP contribution in [0.4, 0.5) is 8.78 Å². The van der Waals surface area contributed by atoms with Crippen LogP contribution in [0.5, 0.6) is 0 Å². The van der Waals surface area contributed by atoms with Gasteiger partial charge in [-0.15, -0.1) is 10.2 Å². The molecule has 1 aliphatic rings. The number of hydrogen-bond donors (Lipinski definition) is 2. The van der Waals surface area contributed by atoms with E-state index in [2.05, 4.69) is 10.2 Å². The third-order valence-corrected chi connectivity index (χ3v) is 5.77. The van der Waals surface area contributed by atoms with Crippen LogP contribution >= 0.6 is 0 Å². The molecule has 2 N–H and O–H groups in total. The SMILES string of the molecule is OCC(O)C1CCC(c2nnc3ccc(Cc4ccc(F)cc4F)cn23)CC1. The van der Waals surface area contributed by atoms with E-state index in [1.807, 2.05) is 22.7 Å². The average Bonchev–Trinajstić information content (AvgIpc) is 3.13. The Hall–Kier alpha value is -2.38. The Bertz CT molecular complexity index is 967. The van der Waals surface area contributed by atoms with Crippen molar-refractivity contribution >= 4 is 5.65 Å². The van der Waals surface area contributed by atoms with E-state index in [0.717, 1.165) is 48.8 Å². The summed E-state index contributed by atoms with van der Waals surface area (Å²) in [5, 5.41) is 27.6. The Kier molecular flexibility index (Phi) is 5.37. The van der Waals surface area contributed by atoms with Crippen molar-refractivity contribution in [2.75, 3.05) is 6.61 Å². The molecule has 5 nitrogen and oxygen atoms in total. The zero-order chi connectivity index (χ0) is 19.7. The maximum Gasteiger partial charge on any atom is 0.160 e. The van der Waals surface area contributed by atoms with E-state index in [-0.39, 0.29) is 18.4 Å². The molecule has 0 spiro atoms. The predicted octanol–water partition coefficient (Wildman–Crippen LogP) is 3.23. The maximum absolute atomic E-state index is 14.0. The van der Waals surface area contributed by atoms with E-state index < -0.39 is 17.7 Å². The Balaban J connectivity index is 1.55. The Morgan fingerprint density at radius 2 is 1.86 bits per heavy atom. The first kappa shape index (κ1) is 19.0.